The SMILES string of the molecule is OC(CCc1ccccc1)c1csc(I)c1. The molecular formula is C13H13IOS. The molecule has 0 amide bonds. The van der Waals surface area contributed by atoms with E-state index < -0.39 is 0 Å². The summed E-state index contributed by atoms with van der Waals surface area (Å²) < 4.78 is 1.23. The van der Waals surface area contributed by atoms with Gasteiger partial charge < -0.3 is 5.11 Å². The minimum absolute atomic E-state index is 0.333. The van der Waals surface area contributed by atoms with Crippen LogP contribution in [0.3, 0.4) is 0 Å². The molecule has 0 fully saturated rings. The number of hydrogen-bond donors (Lipinski definition) is 1. The Bertz CT molecular complexity index is 438. The topological polar surface area (TPSA) is 20.2 Å². The van der Waals surface area contributed by atoms with Gasteiger partial charge in [0.1, 0.15) is 0 Å². The number of thiophene rings is 1. The highest BCUT2D eigenvalue weighted by Gasteiger charge is 2.09. The molecule has 0 aliphatic carbocycles. The molecule has 84 valence electrons. The average Bonchev–Trinajstić information content (AvgIpc) is 2.74. The summed E-state index contributed by atoms with van der Waals surface area (Å²) in [5.74, 6) is 0. The van der Waals surface area contributed by atoms with Gasteiger partial charge in [-0.25, -0.2) is 0 Å². The zero-order valence-corrected chi connectivity index (χ0v) is 11.7. The van der Waals surface area contributed by atoms with Crippen molar-refractivity contribution < 1.29 is 5.11 Å². The van der Waals surface area contributed by atoms with Crippen molar-refractivity contribution in [3.63, 3.8) is 0 Å². The lowest BCUT2D eigenvalue weighted by Gasteiger charge is -2.08. The number of halogens is 1. The van der Waals surface area contributed by atoms with E-state index in [0.29, 0.717) is 0 Å². The lowest BCUT2D eigenvalue weighted by atomic mass is 10.0. The molecule has 1 atom stereocenters. The largest absolute Gasteiger partial charge is 0.388 e. The highest BCUT2D eigenvalue weighted by Crippen LogP contribution is 2.25. The van der Waals surface area contributed by atoms with Gasteiger partial charge >= 0.3 is 0 Å². The molecule has 0 aliphatic heterocycles. The molecule has 16 heavy (non-hydrogen) atoms. The van der Waals surface area contributed by atoms with Gasteiger partial charge in [0.25, 0.3) is 0 Å². The van der Waals surface area contributed by atoms with Crippen LogP contribution in [0.4, 0.5) is 0 Å². The molecule has 2 rings (SSSR count). The monoisotopic (exact) mass is 344 g/mol. The summed E-state index contributed by atoms with van der Waals surface area (Å²) in [6.45, 7) is 0. The lowest BCUT2D eigenvalue weighted by molar-refractivity contribution is 0.168. The van der Waals surface area contributed by atoms with E-state index in [-0.39, 0.29) is 6.10 Å². The van der Waals surface area contributed by atoms with E-state index in [4.69, 9.17) is 0 Å². The first-order chi connectivity index (χ1) is 7.75. The summed E-state index contributed by atoms with van der Waals surface area (Å²) in [7, 11) is 0. The third-order valence-corrected chi connectivity index (χ3v) is 4.33. The van der Waals surface area contributed by atoms with Gasteiger partial charge in [-0.2, -0.15) is 0 Å². The van der Waals surface area contributed by atoms with Gasteiger partial charge in [0, 0.05) is 0 Å². The Kier molecular flexibility index (Phi) is 4.37. The molecule has 0 bridgehead atoms. The van der Waals surface area contributed by atoms with Gasteiger partial charge in [0.15, 0.2) is 0 Å². The summed E-state index contributed by atoms with van der Waals surface area (Å²) in [6, 6.07) is 12.3. The van der Waals surface area contributed by atoms with Crippen molar-refractivity contribution in [2.45, 2.75) is 18.9 Å². The van der Waals surface area contributed by atoms with E-state index in [1.54, 1.807) is 11.3 Å². The first-order valence-electron chi connectivity index (χ1n) is 5.21. The molecular weight excluding hydrogens is 331 g/mol. The van der Waals surface area contributed by atoms with E-state index in [0.717, 1.165) is 18.4 Å². The quantitative estimate of drug-likeness (QED) is 0.831. The summed E-state index contributed by atoms with van der Waals surface area (Å²) >= 11 is 3.96. The van der Waals surface area contributed by atoms with E-state index in [2.05, 4.69) is 40.8 Å². The Hall–Kier alpha value is -0.390. The molecule has 0 radical (unpaired) electrons. The number of aryl methyl sites for hydroxylation is 1. The molecule has 2 aromatic rings. The van der Waals surface area contributed by atoms with Gasteiger partial charge in [-0.1, -0.05) is 30.3 Å². The molecule has 1 N–H and O–H groups in total. The molecule has 0 saturated carbocycles. The van der Waals surface area contributed by atoms with Gasteiger partial charge in [-0.05, 0) is 58.0 Å². The fourth-order valence-corrected chi connectivity index (χ4v) is 3.03. The third-order valence-electron chi connectivity index (χ3n) is 2.52. The molecule has 1 heterocycles. The van der Waals surface area contributed by atoms with Crippen LogP contribution in [0.2, 0.25) is 0 Å². The second-order valence-electron chi connectivity index (χ2n) is 3.72. The average molecular weight is 344 g/mol. The van der Waals surface area contributed by atoms with Crippen LogP contribution in [0.1, 0.15) is 23.7 Å². The predicted molar refractivity (Wildman–Crippen MR) is 76.8 cm³/mol. The predicted octanol–water partition coefficient (Wildman–Crippen LogP) is 4.02. The van der Waals surface area contributed by atoms with E-state index in [1.807, 2.05) is 23.6 Å². The van der Waals surface area contributed by atoms with Crippen molar-refractivity contribution in [1.82, 2.24) is 0 Å². The maximum Gasteiger partial charge on any atom is 0.0801 e. The molecule has 1 unspecified atom stereocenters. The van der Waals surface area contributed by atoms with Crippen molar-refractivity contribution in [2.75, 3.05) is 0 Å². The zero-order valence-electron chi connectivity index (χ0n) is 8.77. The number of aliphatic hydroxyl groups is 1. The smallest absolute Gasteiger partial charge is 0.0801 e. The van der Waals surface area contributed by atoms with Crippen LogP contribution in [-0.4, -0.2) is 5.11 Å². The van der Waals surface area contributed by atoms with E-state index in [1.165, 1.54) is 8.45 Å². The standard InChI is InChI=1S/C13H13IOS/c14-13-8-11(9-16-13)12(15)7-6-10-4-2-1-3-5-10/h1-5,8-9,12,15H,6-7H2. The van der Waals surface area contributed by atoms with Crippen LogP contribution in [-0.2, 0) is 6.42 Å². The molecule has 1 aromatic carbocycles. The Labute approximate surface area is 113 Å². The molecule has 0 spiro atoms. The molecule has 3 heteroatoms. The van der Waals surface area contributed by atoms with Crippen LogP contribution in [0.5, 0.6) is 0 Å². The summed E-state index contributed by atoms with van der Waals surface area (Å²) in [4.78, 5) is 0. The highest BCUT2D eigenvalue weighted by atomic mass is 127. The molecule has 1 aromatic heterocycles. The van der Waals surface area contributed by atoms with Crippen molar-refractivity contribution in [1.29, 1.82) is 0 Å². The highest BCUT2D eigenvalue weighted by molar-refractivity contribution is 14.1. The van der Waals surface area contributed by atoms with Gasteiger partial charge in [-0.15, -0.1) is 11.3 Å². The van der Waals surface area contributed by atoms with Crippen LogP contribution in [0.25, 0.3) is 0 Å². The Morgan fingerprint density at radius 3 is 2.62 bits per heavy atom. The van der Waals surface area contributed by atoms with Gasteiger partial charge in [-0.3, -0.25) is 0 Å². The van der Waals surface area contributed by atoms with E-state index >= 15 is 0 Å². The number of aliphatic hydroxyl groups excluding tert-OH is 1. The molecule has 1 nitrogen and oxygen atoms in total. The van der Waals surface area contributed by atoms with Gasteiger partial charge in [0.2, 0.25) is 0 Å². The fraction of sp³-hybridized carbons (Fsp3) is 0.231. The minimum Gasteiger partial charge on any atom is -0.388 e. The summed E-state index contributed by atoms with van der Waals surface area (Å²) in [5, 5.41) is 12.0. The zero-order chi connectivity index (χ0) is 11.4. The Morgan fingerprint density at radius 2 is 2.00 bits per heavy atom. The van der Waals surface area contributed by atoms with Gasteiger partial charge in [0.05, 0.1) is 8.99 Å². The molecule has 0 aliphatic rings. The van der Waals surface area contributed by atoms with Crippen molar-refractivity contribution in [3.8, 4) is 0 Å². The first-order valence-corrected chi connectivity index (χ1v) is 7.17. The van der Waals surface area contributed by atoms with E-state index in [9.17, 15) is 5.11 Å². The Morgan fingerprint density at radius 1 is 1.25 bits per heavy atom. The third kappa shape index (κ3) is 3.30. The summed E-state index contributed by atoms with van der Waals surface area (Å²) in [6.07, 6.45) is 1.38. The number of rotatable bonds is 4. The maximum absolute atomic E-state index is 10.00. The van der Waals surface area contributed by atoms with Crippen LogP contribution < -0.4 is 0 Å². The fourth-order valence-electron chi connectivity index (χ4n) is 1.61. The summed E-state index contributed by atoms with van der Waals surface area (Å²) in [5.41, 5.74) is 2.33. The van der Waals surface area contributed by atoms with Crippen LogP contribution >= 0.6 is 33.9 Å². The van der Waals surface area contributed by atoms with Crippen molar-refractivity contribution in [2.24, 2.45) is 0 Å². The van der Waals surface area contributed by atoms with Crippen LogP contribution in [0.15, 0.2) is 41.8 Å². The first kappa shape index (κ1) is 12.1. The molecule has 0 saturated heterocycles. The van der Waals surface area contributed by atoms with Crippen molar-refractivity contribution >= 4 is 33.9 Å². The number of benzene rings is 1. The maximum atomic E-state index is 10.00. The second kappa shape index (κ2) is 5.80. The van der Waals surface area contributed by atoms with Crippen molar-refractivity contribution in [3.05, 3.63) is 55.8 Å². The normalized spacial score (nSPS) is 12.6. The minimum atomic E-state index is -0.333. The van der Waals surface area contributed by atoms with Crippen LogP contribution in [0, 0.1) is 2.88 Å². The number of hydrogen-bond acceptors (Lipinski definition) is 2. The second-order valence-corrected chi connectivity index (χ2v) is 6.53. The Balaban J connectivity index is 1.91. The lowest BCUT2D eigenvalue weighted by Crippen LogP contribution is -1.97.